The first-order valence-corrected chi connectivity index (χ1v) is 3.23. The van der Waals surface area contributed by atoms with Crippen LogP contribution in [0.2, 0.25) is 0 Å². The van der Waals surface area contributed by atoms with Crippen molar-refractivity contribution in [3.8, 4) is 0 Å². The maximum Gasteiger partial charge on any atom is 0.200 e. The molecule has 56 valence electrons. The van der Waals surface area contributed by atoms with Crippen LogP contribution in [0.1, 0.15) is 19.2 Å². The third-order valence-corrected chi connectivity index (χ3v) is 0.969. The first-order valence-electron chi connectivity index (χ1n) is 3.23. The molecule has 0 aliphatic heterocycles. The average molecular weight is 142 g/mol. The largest absolute Gasteiger partial charge is 0.373 e. The predicted molar refractivity (Wildman–Crippen MR) is 34.1 cm³/mol. The van der Waals surface area contributed by atoms with Crippen LogP contribution in [0.15, 0.2) is 0 Å². The smallest absolute Gasteiger partial charge is 0.200 e. The Morgan fingerprint density at radius 2 is 2.50 bits per heavy atom. The van der Waals surface area contributed by atoms with E-state index in [0.29, 0.717) is 12.4 Å². The van der Waals surface area contributed by atoms with Crippen molar-refractivity contribution in [3.05, 3.63) is 5.82 Å². The molecule has 1 aromatic rings. The van der Waals surface area contributed by atoms with Gasteiger partial charge >= 0.3 is 0 Å². The molecule has 0 aromatic carbocycles. The summed E-state index contributed by atoms with van der Waals surface area (Å²) in [6.07, 6.45) is 1.01. The van der Waals surface area contributed by atoms with E-state index in [9.17, 15) is 0 Å². The van der Waals surface area contributed by atoms with Gasteiger partial charge in [0, 0.05) is 6.61 Å². The number of nitrogens with zero attached hydrogens (tertiary/aromatic N) is 3. The van der Waals surface area contributed by atoms with Gasteiger partial charge in [0.05, 0.1) is 0 Å². The first kappa shape index (κ1) is 7.14. The molecule has 0 radical (unpaired) electrons. The number of rotatable bonds is 4. The zero-order valence-corrected chi connectivity index (χ0v) is 5.87. The van der Waals surface area contributed by atoms with Crippen LogP contribution in [0, 0.1) is 0 Å². The Morgan fingerprint density at radius 1 is 1.60 bits per heavy atom. The number of hydrogen-bond acceptors (Lipinski definition) is 4. The minimum absolute atomic E-state index is 0.449. The second-order valence-electron chi connectivity index (χ2n) is 1.88. The molecule has 1 aromatic heterocycles. The van der Waals surface area contributed by atoms with Gasteiger partial charge in [-0.1, -0.05) is 12.1 Å². The molecule has 0 amide bonds. The second-order valence-corrected chi connectivity index (χ2v) is 1.88. The normalized spacial score (nSPS) is 10.1. The summed E-state index contributed by atoms with van der Waals surface area (Å²) in [4.78, 5) is 0. The molecule has 0 atom stereocenters. The Morgan fingerprint density at radius 3 is 3.10 bits per heavy atom. The van der Waals surface area contributed by atoms with Gasteiger partial charge in [-0.05, 0) is 6.42 Å². The van der Waals surface area contributed by atoms with E-state index in [-0.39, 0.29) is 0 Å². The summed E-state index contributed by atoms with van der Waals surface area (Å²) in [5.74, 6) is 0.605. The molecular formula is C5H10N4O. The lowest BCUT2D eigenvalue weighted by molar-refractivity contribution is 0.116. The Hall–Kier alpha value is -0.970. The molecule has 0 saturated carbocycles. The lowest BCUT2D eigenvalue weighted by Crippen LogP contribution is -1.95. The Labute approximate surface area is 58.8 Å². The van der Waals surface area contributed by atoms with Crippen molar-refractivity contribution in [2.24, 2.45) is 0 Å². The highest BCUT2D eigenvalue weighted by molar-refractivity contribution is 4.69. The molecule has 0 bridgehead atoms. The number of aromatic nitrogens is 4. The van der Waals surface area contributed by atoms with Crippen molar-refractivity contribution in [3.63, 3.8) is 0 Å². The minimum atomic E-state index is 0.449. The highest BCUT2D eigenvalue weighted by Crippen LogP contribution is 1.88. The van der Waals surface area contributed by atoms with E-state index < -0.39 is 0 Å². The second kappa shape index (κ2) is 3.94. The first-order chi connectivity index (χ1) is 4.93. The van der Waals surface area contributed by atoms with Crippen LogP contribution in [0.25, 0.3) is 0 Å². The summed E-state index contributed by atoms with van der Waals surface area (Å²) in [5, 5.41) is 13.2. The van der Waals surface area contributed by atoms with Gasteiger partial charge < -0.3 is 4.74 Å². The fraction of sp³-hybridized carbons (Fsp3) is 0.800. The molecule has 10 heavy (non-hydrogen) atoms. The van der Waals surface area contributed by atoms with Crippen molar-refractivity contribution >= 4 is 0 Å². The summed E-state index contributed by atoms with van der Waals surface area (Å²) in [7, 11) is 0. The molecule has 0 saturated heterocycles. The van der Waals surface area contributed by atoms with Gasteiger partial charge in [0.1, 0.15) is 6.61 Å². The molecular weight excluding hydrogens is 132 g/mol. The molecule has 1 N–H and O–H groups in total. The molecule has 0 spiro atoms. The van der Waals surface area contributed by atoms with Gasteiger partial charge in [-0.25, -0.2) is 0 Å². The molecule has 0 aliphatic rings. The van der Waals surface area contributed by atoms with Crippen molar-refractivity contribution in [2.45, 2.75) is 20.0 Å². The Kier molecular flexibility index (Phi) is 2.82. The summed E-state index contributed by atoms with van der Waals surface area (Å²) < 4.78 is 5.14. The van der Waals surface area contributed by atoms with Gasteiger partial charge in [-0.2, -0.15) is 5.21 Å². The number of hydrogen-bond donors (Lipinski definition) is 1. The predicted octanol–water partition coefficient (Wildman–Crippen LogP) is 0.126. The van der Waals surface area contributed by atoms with Crippen molar-refractivity contribution in [1.29, 1.82) is 0 Å². The molecule has 0 fully saturated rings. The van der Waals surface area contributed by atoms with Crippen LogP contribution in [0.4, 0.5) is 0 Å². The third-order valence-electron chi connectivity index (χ3n) is 0.969. The van der Waals surface area contributed by atoms with Crippen molar-refractivity contribution in [2.75, 3.05) is 6.61 Å². The molecule has 5 heteroatoms. The highest BCUT2D eigenvalue weighted by atomic mass is 16.5. The van der Waals surface area contributed by atoms with Gasteiger partial charge in [-0.3, -0.25) is 0 Å². The fourth-order valence-corrected chi connectivity index (χ4v) is 0.551. The lowest BCUT2D eigenvalue weighted by atomic mass is 10.5. The topological polar surface area (TPSA) is 63.7 Å². The Balaban J connectivity index is 2.15. The van der Waals surface area contributed by atoms with Gasteiger partial charge in [0.15, 0.2) is 5.82 Å². The Bertz CT molecular complexity index is 162. The maximum atomic E-state index is 5.14. The van der Waals surface area contributed by atoms with Crippen molar-refractivity contribution in [1.82, 2.24) is 20.6 Å². The van der Waals surface area contributed by atoms with Crippen molar-refractivity contribution < 1.29 is 4.74 Å². The van der Waals surface area contributed by atoms with E-state index in [0.717, 1.165) is 13.0 Å². The number of H-pyrrole nitrogens is 1. The zero-order chi connectivity index (χ0) is 7.23. The van der Waals surface area contributed by atoms with Crippen LogP contribution in [0.5, 0.6) is 0 Å². The summed E-state index contributed by atoms with van der Waals surface area (Å²) in [6, 6.07) is 0. The SMILES string of the molecule is CCCOCc1nn[nH]n1. The zero-order valence-electron chi connectivity index (χ0n) is 5.87. The monoisotopic (exact) mass is 142 g/mol. The third kappa shape index (κ3) is 2.10. The molecule has 5 nitrogen and oxygen atoms in total. The molecule has 1 heterocycles. The average Bonchev–Trinajstić information content (AvgIpc) is 2.41. The molecule has 0 aliphatic carbocycles. The van der Waals surface area contributed by atoms with Crippen LogP contribution >= 0.6 is 0 Å². The number of tetrazole rings is 1. The lowest BCUT2D eigenvalue weighted by Gasteiger charge is -1.94. The van der Waals surface area contributed by atoms with E-state index >= 15 is 0 Å². The van der Waals surface area contributed by atoms with Gasteiger partial charge in [0.2, 0.25) is 0 Å². The van der Waals surface area contributed by atoms with Crippen LogP contribution in [-0.2, 0) is 11.3 Å². The standard InChI is InChI=1S/C5H10N4O/c1-2-3-10-4-5-6-8-9-7-5/h2-4H2,1H3,(H,6,7,8,9). The summed E-state index contributed by atoms with van der Waals surface area (Å²) in [6.45, 7) is 3.25. The highest BCUT2D eigenvalue weighted by Gasteiger charge is 1.94. The molecule has 1 rings (SSSR count). The fourth-order valence-electron chi connectivity index (χ4n) is 0.551. The maximum absolute atomic E-state index is 5.14. The van der Waals surface area contributed by atoms with Crippen LogP contribution in [0.3, 0.4) is 0 Å². The van der Waals surface area contributed by atoms with E-state index in [1.54, 1.807) is 0 Å². The van der Waals surface area contributed by atoms with E-state index in [1.807, 2.05) is 0 Å². The van der Waals surface area contributed by atoms with E-state index in [2.05, 4.69) is 27.5 Å². The van der Waals surface area contributed by atoms with Crippen LogP contribution < -0.4 is 0 Å². The number of nitrogens with one attached hydrogen (secondary N) is 1. The molecule has 0 unspecified atom stereocenters. The quantitative estimate of drug-likeness (QED) is 0.607. The van der Waals surface area contributed by atoms with Gasteiger partial charge in [0.25, 0.3) is 0 Å². The minimum Gasteiger partial charge on any atom is -0.373 e. The van der Waals surface area contributed by atoms with E-state index in [1.165, 1.54) is 0 Å². The number of aromatic amines is 1. The van der Waals surface area contributed by atoms with Crippen LogP contribution in [-0.4, -0.2) is 27.2 Å². The van der Waals surface area contributed by atoms with Gasteiger partial charge in [-0.15, -0.1) is 10.2 Å². The number of ether oxygens (including phenoxy) is 1. The summed E-state index contributed by atoms with van der Waals surface area (Å²) >= 11 is 0. The van der Waals surface area contributed by atoms with E-state index in [4.69, 9.17) is 4.74 Å². The summed E-state index contributed by atoms with van der Waals surface area (Å²) in [5.41, 5.74) is 0.